The molecule has 3 N–H and O–H groups in total. The molecule has 0 bridgehead atoms. The number of nitrogens with zero attached hydrogens (tertiary/aromatic N) is 2. The average molecular weight is 1620 g/mol. The number of esters is 2. The van der Waals surface area contributed by atoms with Crippen LogP contribution < -0.4 is 34.9 Å². The van der Waals surface area contributed by atoms with Crippen LogP contribution in [0.5, 0.6) is 23.0 Å². The minimum atomic E-state index is -0.855. The third kappa shape index (κ3) is 20.1. The maximum absolute atomic E-state index is 13.7. The molecule has 1 unspecified atom stereocenters. The Hall–Kier alpha value is -11.5. The van der Waals surface area contributed by atoms with Crippen molar-refractivity contribution >= 4 is 92.3 Å². The van der Waals surface area contributed by atoms with E-state index in [0.29, 0.717) is 74.8 Å². The van der Waals surface area contributed by atoms with Gasteiger partial charge in [0.25, 0.3) is 11.8 Å². The lowest BCUT2D eigenvalue weighted by Crippen LogP contribution is -2.36. The first kappa shape index (κ1) is 86.3. The van der Waals surface area contributed by atoms with Crippen molar-refractivity contribution in [1.29, 1.82) is 0 Å². The van der Waals surface area contributed by atoms with Crippen LogP contribution in [0.3, 0.4) is 0 Å². The van der Waals surface area contributed by atoms with Crippen molar-refractivity contribution in [3.05, 3.63) is 280 Å². The Labute approximate surface area is 694 Å². The number of hydrogen-bond acceptors (Lipinski definition) is 14. The number of benzene rings is 7. The largest absolute Gasteiger partial charge is 0.496 e. The molecule has 1 saturated heterocycles. The normalized spacial score (nSPS) is 16.7. The fourth-order valence-electron chi connectivity index (χ4n) is 16.2. The first-order valence-electron chi connectivity index (χ1n) is 39.2. The molecule has 117 heavy (non-hydrogen) atoms. The van der Waals surface area contributed by atoms with Gasteiger partial charge in [0.2, 0.25) is 24.5 Å². The van der Waals surface area contributed by atoms with E-state index in [1.165, 1.54) is 30.4 Å². The van der Waals surface area contributed by atoms with E-state index in [4.69, 9.17) is 51.6 Å². The first-order valence-corrected chi connectivity index (χ1v) is 40.0. The number of aryl methyl sites for hydroxylation is 2. The number of rotatable bonds is 26. The molecule has 3 amide bonds. The quantitative estimate of drug-likeness (QED) is 0.0198. The predicted octanol–water partition coefficient (Wildman–Crippen LogP) is 18.9. The van der Waals surface area contributed by atoms with Gasteiger partial charge >= 0.3 is 11.9 Å². The third-order valence-corrected chi connectivity index (χ3v) is 22.9. The molecule has 1 fully saturated rings. The van der Waals surface area contributed by atoms with Gasteiger partial charge in [0, 0.05) is 98.8 Å². The van der Waals surface area contributed by atoms with E-state index >= 15 is 0 Å². The van der Waals surface area contributed by atoms with Crippen molar-refractivity contribution < 1.29 is 66.8 Å². The second kappa shape index (κ2) is 38.0. The monoisotopic (exact) mass is 1620 g/mol. The van der Waals surface area contributed by atoms with Crippen LogP contribution in [0.15, 0.2) is 192 Å². The van der Waals surface area contributed by atoms with Crippen molar-refractivity contribution in [2.24, 2.45) is 17.3 Å². The molecule has 610 valence electrons. The van der Waals surface area contributed by atoms with Gasteiger partial charge in [-0.15, -0.1) is 0 Å². The minimum absolute atomic E-state index is 0. The number of hydrogen-bond donors (Lipinski definition) is 3. The number of ether oxygens (including phenoxy) is 6. The fourth-order valence-corrected chi connectivity index (χ4v) is 16.4. The van der Waals surface area contributed by atoms with Gasteiger partial charge in [-0.1, -0.05) is 134 Å². The SMILES string of the molecule is C.CC1=C(/C=C/C(C)=C\C=C\C(C)=C\C(=O)CCCNC(=O)Cc2c(C)n(C(=O)c3ccc(Cl)cc3)c3ccc(C)cc23)C(C)(C)CCC1.COc1cc([C@H]2c3cc4c(cc3[C@@H](OC(=O)CCC(=O)NCc3ccc(CNC(=O)Cc5c(C)n(C(=O)c6ccc(Cl)cc6)c6ccc(C)cc56)cc3)C3COC(=O)[C@H]32)OCO4)cc(OC)c1C. The van der Waals surface area contributed by atoms with Crippen molar-refractivity contribution in [2.75, 3.05) is 34.2 Å². The molecule has 2 aromatic heterocycles. The molecule has 9 aromatic rings. The zero-order valence-electron chi connectivity index (χ0n) is 67.7. The van der Waals surface area contributed by atoms with Gasteiger partial charge in [-0.05, 0) is 234 Å². The number of allylic oxidation sites excluding steroid dienone is 10. The number of fused-ring (bicyclic) bond motifs is 5. The zero-order chi connectivity index (χ0) is 82.8. The van der Waals surface area contributed by atoms with Crippen LogP contribution in [0, 0.1) is 51.9 Å². The molecule has 21 heteroatoms. The summed E-state index contributed by atoms with van der Waals surface area (Å²) in [5.74, 6) is -1.55. The van der Waals surface area contributed by atoms with E-state index in [-0.39, 0.29) is 100 Å². The molecule has 2 aliphatic heterocycles. The van der Waals surface area contributed by atoms with Crippen LogP contribution in [0.1, 0.15) is 187 Å². The molecule has 0 saturated carbocycles. The first-order chi connectivity index (χ1) is 55.6. The lowest BCUT2D eigenvalue weighted by Gasteiger charge is -2.38. The molecule has 7 aromatic carbocycles. The highest BCUT2D eigenvalue weighted by molar-refractivity contribution is 6.31. The van der Waals surface area contributed by atoms with E-state index in [1.807, 2.05) is 133 Å². The highest BCUT2D eigenvalue weighted by Gasteiger charge is 2.54. The number of carbonyl (C=O) groups excluding carboxylic acids is 8. The summed E-state index contributed by atoms with van der Waals surface area (Å²) in [4.78, 5) is 106. The van der Waals surface area contributed by atoms with E-state index in [9.17, 15) is 38.4 Å². The smallest absolute Gasteiger partial charge is 0.310 e. The number of amides is 3. The van der Waals surface area contributed by atoms with E-state index in [1.54, 1.807) is 84.0 Å². The minimum Gasteiger partial charge on any atom is -0.496 e. The summed E-state index contributed by atoms with van der Waals surface area (Å²) in [5, 5.41) is 11.7. The summed E-state index contributed by atoms with van der Waals surface area (Å²) in [6.07, 6.45) is 15.7. The Bertz CT molecular complexity index is 5460. The maximum Gasteiger partial charge on any atom is 0.310 e. The van der Waals surface area contributed by atoms with E-state index in [2.05, 4.69) is 61.9 Å². The lowest BCUT2D eigenvalue weighted by atomic mass is 9.66. The molecule has 4 aliphatic rings. The summed E-state index contributed by atoms with van der Waals surface area (Å²) >= 11 is 12.1. The molecule has 2 aliphatic carbocycles. The Morgan fingerprint density at radius 2 is 1.14 bits per heavy atom. The summed E-state index contributed by atoms with van der Waals surface area (Å²) in [5.41, 5.74) is 17.4. The lowest BCUT2D eigenvalue weighted by molar-refractivity contribution is -0.155. The van der Waals surface area contributed by atoms with Crippen molar-refractivity contribution in [3.8, 4) is 23.0 Å². The van der Waals surface area contributed by atoms with Crippen LogP contribution >= 0.6 is 23.2 Å². The number of ketones is 1. The van der Waals surface area contributed by atoms with Gasteiger partial charge < -0.3 is 44.4 Å². The fraction of sp³-hybridized carbons (Fsp3) is 0.333. The van der Waals surface area contributed by atoms with E-state index in [0.717, 1.165) is 88.7 Å². The van der Waals surface area contributed by atoms with Gasteiger partial charge in [-0.3, -0.25) is 47.5 Å². The Balaban J connectivity index is 0.000000242. The number of cyclic esters (lactones) is 1. The van der Waals surface area contributed by atoms with Gasteiger partial charge in [-0.2, -0.15) is 0 Å². The Morgan fingerprint density at radius 1 is 0.607 bits per heavy atom. The topological polar surface area (TPSA) is 238 Å². The second-order valence-electron chi connectivity index (χ2n) is 31.1. The van der Waals surface area contributed by atoms with E-state index < -0.39 is 35.8 Å². The standard InChI is InChI=1S/C53H50ClN3O11.C42H49ClN2O3.CH4/c1-28-6-15-41-37(18-28)36(30(3)57(41)52(61)33-11-13-35(54)14-12-33)23-47(59)56-25-32-9-7-31(8-10-32)24-55-46(58)16-17-48(60)68-51-39-22-45-44(66-27-67-45)21-38(39)49(50-40(51)26-65-53(50)62)34-19-42(63-4)29(2)43(20-34)64-5;1-28(15-21-38-31(4)13-9-23-42(38,6)7)11-8-12-29(2)25-35(46)14-10-24-44-40(47)27-36-32(5)45(39-22-16-30(3)26-37(36)39)41(48)33-17-19-34(43)20-18-33;/h6-15,18-22,40,49-51H,16-17,23-27H2,1-5H3,(H,55,58)(H,56,59);8,11-12,15-22,25-26H,9-10,13-14,23-24,27H2,1-7H3,(H,44,47);1H4/b;12-8+,21-15+,28-11-,29-25+;/t40?,49-,50+,51+;;/m0../s1. The highest BCUT2D eigenvalue weighted by atomic mass is 35.5. The molecular weight excluding hydrogens is 1520 g/mol. The average Bonchev–Trinajstić information content (AvgIpc) is 1.68. The summed E-state index contributed by atoms with van der Waals surface area (Å²) in [6, 6.07) is 40.2. The summed E-state index contributed by atoms with van der Waals surface area (Å²) in [7, 11) is 3.15. The highest BCUT2D eigenvalue weighted by Crippen LogP contribution is 2.56. The van der Waals surface area contributed by atoms with Gasteiger partial charge in [0.1, 0.15) is 17.6 Å². The van der Waals surface area contributed by atoms with Gasteiger partial charge in [0.05, 0.1) is 57.0 Å². The van der Waals surface area contributed by atoms with Crippen molar-refractivity contribution in [2.45, 2.75) is 160 Å². The second-order valence-corrected chi connectivity index (χ2v) is 32.0. The van der Waals surface area contributed by atoms with Gasteiger partial charge in [0.15, 0.2) is 17.3 Å². The third-order valence-electron chi connectivity index (χ3n) is 22.4. The Kier molecular flexibility index (Phi) is 28.1. The van der Waals surface area contributed by atoms with Crippen LogP contribution in [-0.2, 0) is 64.2 Å². The number of nitrogens with one attached hydrogen (secondary N) is 3. The molecule has 4 atom stereocenters. The van der Waals surface area contributed by atoms with Crippen molar-refractivity contribution in [3.63, 3.8) is 0 Å². The number of halogens is 2. The molecule has 13 rings (SSSR count). The molecule has 19 nitrogen and oxygen atoms in total. The molecule has 0 radical (unpaired) electrons. The van der Waals surface area contributed by atoms with Crippen LogP contribution in [0.4, 0.5) is 0 Å². The van der Waals surface area contributed by atoms with Gasteiger partial charge in [-0.25, -0.2) is 0 Å². The van der Waals surface area contributed by atoms with Crippen LogP contribution in [-0.4, -0.2) is 90.6 Å². The summed E-state index contributed by atoms with van der Waals surface area (Å²) in [6.45, 7) is 21.5. The zero-order valence-corrected chi connectivity index (χ0v) is 69.3. The number of aromatic nitrogens is 2. The molecular formula is C96H103Cl2N5O14. The Morgan fingerprint density at radius 3 is 1.68 bits per heavy atom. The molecule has 4 heterocycles. The van der Waals surface area contributed by atoms with Crippen LogP contribution in [0.2, 0.25) is 10.0 Å². The predicted molar refractivity (Wildman–Crippen MR) is 458 cm³/mol. The number of methoxy groups -OCH3 is 2. The maximum atomic E-state index is 13.7. The molecule has 0 spiro atoms. The summed E-state index contributed by atoms with van der Waals surface area (Å²) < 4.78 is 38.0. The number of carbonyl (C=O) groups is 8. The van der Waals surface area contributed by atoms with Crippen LogP contribution in [0.25, 0.3) is 21.8 Å². The van der Waals surface area contributed by atoms with Crippen molar-refractivity contribution in [1.82, 2.24) is 25.1 Å².